The molecule has 1 rings (SSSR count). The first-order valence-electron chi connectivity index (χ1n) is 4.61. The molecule has 15 heavy (non-hydrogen) atoms. The molecule has 0 aliphatic heterocycles. The minimum Gasteiger partial charge on any atom is -0.388 e. The lowest BCUT2D eigenvalue weighted by atomic mass is 10.2. The van der Waals surface area contributed by atoms with Crippen LogP contribution in [0.2, 0.25) is 0 Å². The molecule has 0 spiro atoms. The largest absolute Gasteiger partial charge is 0.388 e. The normalized spacial score (nSPS) is 11.4. The number of anilines is 1. The van der Waals surface area contributed by atoms with Crippen molar-refractivity contribution in [2.45, 2.75) is 6.16 Å². The van der Waals surface area contributed by atoms with Gasteiger partial charge in [-0.25, -0.2) is 0 Å². The first-order chi connectivity index (χ1) is 7.13. The van der Waals surface area contributed by atoms with Crippen molar-refractivity contribution in [3.63, 3.8) is 0 Å². The highest BCUT2D eigenvalue weighted by Crippen LogP contribution is 2.49. The molecule has 1 N–H and O–H groups in total. The van der Waals surface area contributed by atoms with Crippen LogP contribution in [0.15, 0.2) is 24.3 Å². The van der Waals surface area contributed by atoms with Gasteiger partial charge in [0.05, 0.1) is 6.16 Å². The molecule has 0 unspecified atom stereocenters. The summed E-state index contributed by atoms with van der Waals surface area (Å²) in [7, 11) is 1.69. The van der Waals surface area contributed by atoms with Crippen LogP contribution in [-0.4, -0.2) is 21.3 Å². The molecule has 0 aromatic heterocycles. The van der Waals surface area contributed by atoms with Crippen molar-refractivity contribution >= 4 is 13.3 Å². The van der Waals surface area contributed by atoms with Gasteiger partial charge in [0, 0.05) is 27.0 Å². The molecule has 0 fully saturated rings. The molecule has 0 heterocycles. The first kappa shape index (κ1) is 12.2. The summed E-state index contributed by atoms with van der Waals surface area (Å²) >= 11 is 0. The highest BCUT2D eigenvalue weighted by molar-refractivity contribution is 7.52. The maximum Gasteiger partial charge on any atom is 0.334 e. The van der Waals surface area contributed by atoms with Crippen LogP contribution in [0.25, 0.3) is 0 Å². The van der Waals surface area contributed by atoms with E-state index in [1.54, 1.807) is 0 Å². The smallest absolute Gasteiger partial charge is 0.334 e. The summed E-state index contributed by atoms with van der Waals surface area (Å²) in [6, 6.07) is 7.64. The van der Waals surface area contributed by atoms with E-state index in [1.165, 1.54) is 14.2 Å². The van der Waals surface area contributed by atoms with Gasteiger partial charge in [-0.05, 0) is 17.7 Å². The molecule has 0 atom stereocenters. The van der Waals surface area contributed by atoms with Crippen molar-refractivity contribution in [1.29, 1.82) is 0 Å². The van der Waals surface area contributed by atoms with E-state index in [0.717, 1.165) is 11.3 Å². The molecule has 4 nitrogen and oxygen atoms in total. The van der Waals surface area contributed by atoms with Gasteiger partial charge >= 0.3 is 7.60 Å². The second-order valence-electron chi connectivity index (χ2n) is 3.08. The second kappa shape index (κ2) is 5.31. The molecule has 0 amide bonds. The Labute approximate surface area is 90.1 Å². The van der Waals surface area contributed by atoms with E-state index in [1.807, 2.05) is 31.3 Å². The first-order valence-corrected chi connectivity index (χ1v) is 6.33. The minimum absolute atomic E-state index is 0.296. The third-order valence-corrected chi connectivity index (χ3v) is 4.04. The summed E-state index contributed by atoms with van der Waals surface area (Å²) < 4.78 is 21.5. The van der Waals surface area contributed by atoms with E-state index in [0.29, 0.717) is 6.16 Å². The van der Waals surface area contributed by atoms with Gasteiger partial charge < -0.3 is 14.4 Å². The fraction of sp³-hybridized carbons (Fsp3) is 0.400. The minimum atomic E-state index is -2.95. The monoisotopic (exact) mass is 229 g/mol. The Morgan fingerprint density at radius 3 is 2.13 bits per heavy atom. The Hall–Kier alpha value is -0.830. The lowest BCUT2D eigenvalue weighted by Gasteiger charge is -2.13. The van der Waals surface area contributed by atoms with Crippen molar-refractivity contribution in [3.8, 4) is 0 Å². The van der Waals surface area contributed by atoms with Crippen molar-refractivity contribution in [2.75, 3.05) is 26.6 Å². The molecular weight excluding hydrogens is 213 g/mol. The highest BCUT2D eigenvalue weighted by atomic mass is 31.2. The summed E-state index contributed by atoms with van der Waals surface area (Å²) in [6.07, 6.45) is 0.296. The lowest BCUT2D eigenvalue weighted by molar-refractivity contribution is 0.275. The summed E-state index contributed by atoms with van der Waals surface area (Å²) in [5.74, 6) is 0. The second-order valence-corrected chi connectivity index (χ2v) is 5.35. The van der Waals surface area contributed by atoms with Crippen LogP contribution in [0.1, 0.15) is 5.56 Å². The SMILES string of the molecule is CNc1ccc(CP(=O)(OC)OC)cc1. The Morgan fingerprint density at radius 1 is 1.20 bits per heavy atom. The number of hydrogen-bond acceptors (Lipinski definition) is 4. The van der Waals surface area contributed by atoms with Gasteiger partial charge in [0.1, 0.15) is 0 Å². The maximum absolute atomic E-state index is 11.8. The van der Waals surface area contributed by atoms with Crippen LogP contribution in [0.3, 0.4) is 0 Å². The van der Waals surface area contributed by atoms with Gasteiger partial charge in [-0.3, -0.25) is 4.57 Å². The summed E-state index contributed by atoms with van der Waals surface area (Å²) in [5, 5.41) is 3.01. The zero-order valence-electron chi connectivity index (χ0n) is 9.19. The fourth-order valence-corrected chi connectivity index (χ4v) is 2.27. The summed E-state index contributed by atoms with van der Waals surface area (Å²) in [6.45, 7) is 0. The van der Waals surface area contributed by atoms with Crippen LogP contribution in [-0.2, 0) is 19.8 Å². The van der Waals surface area contributed by atoms with Crippen molar-refractivity contribution in [2.24, 2.45) is 0 Å². The topological polar surface area (TPSA) is 47.6 Å². The van der Waals surface area contributed by atoms with E-state index in [-0.39, 0.29) is 0 Å². The quantitative estimate of drug-likeness (QED) is 0.788. The van der Waals surface area contributed by atoms with Gasteiger partial charge in [0.2, 0.25) is 0 Å². The molecule has 5 heteroatoms. The van der Waals surface area contributed by atoms with Gasteiger partial charge in [-0.15, -0.1) is 0 Å². The van der Waals surface area contributed by atoms with E-state index < -0.39 is 7.60 Å². The van der Waals surface area contributed by atoms with Crippen LogP contribution >= 0.6 is 7.60 Å². The fourth-order valence-electron chi connectivity index (χ4n) is 1.20. The van der Waals surface area contributed by atoms with Gasteiger partial charge in [0.15, 0.2) is 0 Å². The van der Waals surface area contributed by atoms with Crippen LogP contribution in [0.4, 0.5) is 5.69 Å². The Bertz CT molecular complexity index is 342. The molecule has 0 aliphatic carbocycles. The van der Waals surface area contributed by atoms with E-state index >= 15 is 0 Å². The average molecular weight is 229 g/mol. The molecule has 0 aliphatic rings. The molecule has 0 saturated carbocycles. The predicted molar refractivity (Wildman–Crippen MR) is 61.3 cm³/mol. The van der Waals surface area contributed by atoms with E-state index in [4.69, 9.17) is 9.05 Å². The number of benzene rings is 1. The zero-order valence-corrected chi connectivity index (χ0v) is 10.1. The van der Waals surface area contributed by atoms with Gasteiger partial charge in [0.25, 0.3) is 0 Å². The third kappa shape index (κ3) is 3.34. The molecule has 84 valence electrons. The number of rotatable bonds is 5. The zero-order chi connectivity index (χ0) is 11.3. The third-order valence-electron chi connectivity index (χ3n) is 2.18. The highest BCUT2D eigenvalue weighted by Gasteiger charge is 2.21. The summed E-state index contributed by atoms with van der Waals surface area (Å²) in [4.78, 5) is 0. The lowest BCUT2D eigenvalue weighted by Crippen LogP contribution is -1.94. The molecule has 0 saturated heterocycles. The molecule has 0 radical (unpaired) electrons. The van der Waals surface area contributed by atoms with Gasteiger partial charge in [-0.1, -0.05) is 12.1 Å². The Kier molecular flexibility index (Phi) is 4.33. The van der Waals surface area contributed by atoms with Crippen LogP contribution < -0.4 is 5.32 Å². The van der Waals surface area contributed by atoms with E-state index in [9.17, 15) is 4.57 Å². The van der Waals surface area contributed by atoms with Crippen molar-refractivity contribution in [3.05, 3.63) is 29.8 Å². The van der Waals surface area contributed by atoms with Gasteiger partial charge in [-0.2, -0.15) is 0 Å². The van der Waals surface area contributed by atoms with Crippen molar-refractivity contribution in [1.82, 2.24) is 0 Å². The molecule has 0 bridgehead atoms. The van der Waals surface area contributed by atoms with Crippen molar-refractivity contribution < 1.29 is 13.6 Å². The number of nitrogens with one attached hydrogen (secondary N) is 1. The predicted octanol–water partition coefficient (Wildman–Crippen LogP) is 2.71. The van der Waals surface area contributed by atoms with E-state index in [2.05, 4.69) is 5.32 Å². The average Bonchev–Trinajstić information content (AvgIpc) is 2.30. The Morgan fingerprint density at radius 2 is 1.73 bits per heavy atom. The van der Waals surface area contributed by atoms with Crippen LogP contribution in [0, 0.1) is 0 Å². The molecule has 1 aromatic rings. The standard InChI is InChI=1S/C10H16NO3P/c1-11-10-6-4-9(5-7-10)8-15(12,13-2)14-3/h4-7,11H,8H2,1-3H3. The molecular formula is C10H16NO3P. The Balaban J connectivity index is 2.76. The summed E-state index contributed by atoms with van der Waals surface area (Å²) in [5.41, 5.74) is 1.95. The number of hydrogen-bond donors (Lipinski definition) is 1. The van der Waals surface area contributed by atoms with Crippen LogP contribution in [0.5, 0.6) is 0 Å². The molecule has 1 aromatic carbocycles. The maximum atomic E-state index is 11.8.